The van der Waals surface area contributed by atoms with Gasteiger partial charge in [0.2, 0.25) is 5.91 Å². The summed E-state index contributed by atoms with van der Waals surface area (Å²) >= 11 is 0. The summed E-state index contributed by atoms with van der Waals surface area (Å²) in [6, 6.07) is 12.8. The Labute approximate surface area is 187 Å². The summed E-state index contributed by atoms with van der Waals surface area (Å²) in [7, 11) is 3.15. The number of anilines is 1. The van der Waals surface area contributed by atoms with Gasteiger partial charge >= 0.3 is 6.03 Å². The molecule has 0 radical (unpaired) electrons. The number of hydrogen-bond donors (Lipinski definition) is 2. The maximum atomic E-state index is 12.8. The van der Waals surface area contributed by atoms with E-state index >= 15 is 0 Å². The molecular weight excluding hydrogens is 410 g/mol. The van der Waals surface area contributed by atoms with E-state index in [4.69, 9.17) is 9.47 Å². The minimum absolute atomic E-state index is 0.118. The molecule has 0 unspecified atom stereocenters. The van der Waals surface area contributed by atoms with Crippen LogP contribution in [0.25, 0.3) is 0 Å². The predicted octanol–water partition coefficient (Wildman–Crippen LogP) is 3.42. The lowest BCUT2D eigenvalue weighted by molar-refractivity contribution is -0.122. The normalized spacial score (nSPS) is 16.7. The van der Waals surface area contributed by atoms with E-state index in [1.54, 1.807) is 38.5 Å². The molecule has 8 nitrogen and oxygen atoms in total. The van der Waals surface area contributed by atoms with E-state index in [-0.39, 0.29) is 36.6 Å². The first-order valence-electron chi connectivity index (χ1n) is 10.6. The van der Waals surface area contributed by atoms with Crippen molar-refractivity contribution >= 4 is 23.5 Å². The molecule has 2 N–H and O–H groups in total. The number of hydrogen-bond acceptors (Lipinski definition) is 5. The molecule has 32 heavy (non-hydrogen) atoms. The van der Waals surface area contributed by atoms with E-state index in [1.807, 2.05) is 38.1 Å². The first kappa shape index (κ1) is 23.1. The minimum Gasteiger partial charge on any atom is -0.497 e. The number of methoxy groups -OCH3 is 2. The summed E-state index contributed by atoms with van der Waals surface area (Å²) < 4.78 is 10.3. The van der Waals surface area contributed by atoms with Crippen LogP contribution in [0, 0.1) is 5.92 Å². The Balaban J connectivity index is 1.59. The summed E-state index contributed by atoms with van der Waals surface area (Å²) in [5.74, 6) is 1.00. The van der Waals surface area contributed by atoms with Crippen LogP contribution in [0.1, 0.15) is 38.3 Å². The fraction of sp³-hybridized carbons (Fsp3) is 0.375. The van der Waals surface area contributed by atoms with Gasteiger partial charge in [-0.05, 0) is 54.3 Å². The van der Waals surface area contributed by atoms with Crippen LogP contribution in [-0.2, 0) is 9.59 Å². The van der Waals surface area contributed by atoms with Gasteiger partial charge in [0.25, 0.3) is 5.91 Å². The van der Waals surface area contributed by atoms with Gasteiger partial charge < -0.3 is 20.1 Å². The Hall–Kier alpha value is -3.55. The van der Waals surface area contributed by atoms with E-state index < -0.39 is 12.1 Å². The average molecular weight is 440 g/mol. The number of urea groups is 1. The number of benzene rings is 2. The van der Waals surface area contributed by atoms with Crippen LogP contribution in [0.2, 0.25) is 0 Å². The largest absolute Gasteiger partial charge is 0.497 e. The van der Waals surface area contributed by atoms with Crippen LogP contribution in [0.3, 0.4) is 0 Å². The van der Waals surface area contributed by atoms with Crippen molar-refractivity contribution in [1.29, 1.82) is 0 Å². The van der Waals surface area contributed by atoms with E-state index in [2.05, 4.69) is 10.6 Å². The van der Waals surface area contributed by atoms with Crippen LogP contribution in [0.5, 0.6) is 11.5 Å². The lowest BCUT2D eigenvalue weighted by atomic mass is 9.95. The lowest BCUT2D eigenvalue weighted by Gasteiger charge is -2.23. The zero-order chi connectivity index (χ0) is 23.3. The highest BCUT2D eigenvalue weighted by atomic mass is 16.5. The quantitative estimate of drug-likeness (QED) is 0.584. The molecule has 0 aliphatic carbocycles. The number of nitrogens with zero attached hydrogens (tertiary/aromatic N) is 1. The van der Waals surface area contributed by atoms with Crippen LogP contribution in [0.4, 0.5) is 10.5 Å². The Morgan fingerprint density at radius 2 is 1.56 bits per heavy atom. The number of carbonyl (C=O) groups is 3. The first-order valence-corrected chi connectivity index (χ1v) is 10.6. The van der Waals surface area contributed by atoms with Crippen LogP contribution in [-0.4, -0.2) is 38.1 Å². The monoisotopic (exact) mass is 439 g/mol. The standard InChI is InChI=1S/C24H29N3O5/c1-15(2)22(16-5-9-18(31-3)10-6-16)26-21(28)14-13-20-23(29)27(24(30)25-20)17-7-11-19(32-4)12-8-17/h5-12,15,20,22H,13-14H2,1-4H3,(H,25,30)(H,26,28)/t20-,22+/m1/s1. The second kappa shape index (κ2) is 10.2. The summed E-state index contributed by atoms with van der Waals surface area (Å²) in [5.41, 5.74) is 1.43. The Morgan fingerprint density at radius 3 is 2.09 bits per heavy atom. The fourth-order valence-corrected chi connectivity index (χ4v) is 3.67. The van der Waals surface area contributed by atoms with Gasteiger partial charge in [-0.15, -0.1) is 0 Å². The van der Waals surface area contributed by atoms with Crippen LogP contribution >= 0.6 is 0 Å². The number of carbonyl (C=O) groups excluding carboxylic acids is 3. The minimum atomic E-state index is -0.742. The average Bonchev–Trinajstić information content (AvgIpc) is 3.09. The van der Waals surface area contributed by atoms with E-state index in [9.17, 15) is 14.4 Å². The van der Waals surface area contributed by atoms with Crippen LogP contribution < -0.4 is 25.0 Å². The van der Waals surface area contributed by atoms with E-state index in [0.29, 0.717) is 11.4 Å². The molecule has 1 saturated heterocycles. The smallest absolute Gasteiger partial charge is 0.329 e. The third-order valence-electron chi connectivity index (χ3n) is 5.47. The molecular formula is C24H29N3O5. The van der Waals surface area contributed by atoms with Gasteiger partial charge in [-0.25, -0.2) is 9.69 Å². The predicted molar refractivity (Wildman–Crippen MR) is 121 cm³/mol. The number of ether oxygens (including phenoxy) is 2. The Kier molecular flexibility index (Phi) is 7.35. The lowest BCUT2D eigenvalue weighted by Crippen LogP contribution is -2.35. The fourth-order valence-electron chi connectivity index (χ4n) is 3.67. The molecule has 1 aliphatic heterocycles. The van der Waals surface area contributed by atoms with Crippen molar-refractivity contribution in [3.63, 3.8) is 0 Å². The van der Waals surface area contributed by atoms with Gasteiger partial charge in [-0.2, -0.15) is 0 Å². The Bertz CT molecular complexity index is 957. The molecule has 0 saturated carbocycles. The molecule has 2 aromatic rings. The molecule has 2 atom stereocenters. The van der Waals surface area contributed by atoms with Crippen molar-refractivity contribution in [3.8, 4) is 11.5 Å². The molecule has 1 fully saturated rings. The maximum absolute atomic E-state index is 12.8. The highest BCUT2D eigenvalue weighted by Crippen LogP contribution is 2.26. The van der Waals surface area contributed by atoms with Crippen LogP contribution in [0.15, 0.2) is 48.5 Å². The molecule has 1 heterocycles. The van der Waals surface area contributed by atoms with Crippen molar-refractivity contribution in [2.24, 2.45) is 5.92 Å². The molecule has 1 aliphatic rings. The molecule has 3 rings (SSSR count). The number of nitrogens with one attached hydrogen (secondary N) is 2. The molecule has 8 heteroatoms. The van der Waals surface area contributed by atoms with Gasteiger partial charge in [-0.1, -0.05) is 26.0 Å². The zero-order valence-electron chi connectivity index (χ0n) is 18.8. The van der Waals surface area contributed by atoms with E-state index in [0.717, 1.165) is 16.2 Å². The highest BCUT2D eigenvalue weighted by molar-refractivity contribution is 6.21. The number of rotatable bonds is 9. The van der Waals surface area contributed by atoms with Crippen molar-refractivity contribution in [1.82, 2.24) is 10.6 Å². The van der Waals surface area contributed by atoms with Gasteiger partial charge in [0.05, 0.1) is 25.9 Å². The van der Waals surface area contributed by atoms with Gasteiger partial charge in [0.15, 0.2) is 0 Å². The molecule has 170 valence electrons. The number of imide groups is 1. The summed E-state index contributed by atoms with van der Waals surface area (Å²) in [5, 5.41) is 5.71. The van der Waals surface area contributed by atoms with Gasteiger partial charge in [0.1, 0.15) is 17.5 Å². The van der Waals surface area contributed by atoms with Crippen molar-refractivity contribution in [2.45, 2.75) is 38.8 Å². The first-order chi connectivity index (χ1) is 15.3. The Morgan fingerprint density at radius 1 is 1.00 bits per heavy atom. The second-order valence-corrected chi connectivity index (χ2v) is 7.97. The highest BCUT2D eigenvalue weighted by Gasteiger charge is 2.39. The molecule has 4 amide bonds. The number of amides is 4. The summed E-state index contributed by atoms with van der Waals surface area (Å²) in [4.78, 5) is 38.8. The van der Waals surface area contributed by atoms with E-state index in [1.165, 1.54) is 0 Å². The summed E-state index contributed by atoms with van der Waals surface area (Å²) in [6.07, 6.45) is 0.336. The molecule has 0 aromatic heterocycles. The van der Waals surface area contributed by atoms with Gasteiger partial charge in [-0.3, -0.25) is 9.59 Å². The second-order valence-electron chi connectivity index (χ2n) is 7.97. The third-order valence-corrected chi connectivity index (χ3v) is 5.47. The maximum Gasteiger partial charge on any atom is 0.329 e. The van der Waals surface area contributed by atoms with Crippen molar-refractivity contribution in [2.75, 3.05) is 19.1 Å². The SMILES string of the molecule is COc1ccc([C@@H](NC(=O)CC[C@H]2NC(=O)N(c3ccc(OC)cc3)C2=O)C(C)C)cc1. The third kappa shape index (κ3) is 5.19. The van der Waals surface area contributed by atoms with Crippen molar-refractivity contribution < 1.29 is 23.9 Å². The molecule has 0 bridgehead atoms. The van der Waals surface area contributed by atoms with Crippen molar-refractivity contribution in [3.05, 3.63) is 54.1 Å². The van der Waals surface area contributed by atoms with Gasteiger partial charge in [0, 0.05) is 6.42 Å². The topological polar surface area (TPSA) is 97.0 Å². The molecule has 0 spiro atoms. The molecule has 2 aromatic carbocycles. The zero-order valence-corrected chi connectivity index (χ0v) is 18.8. The summed E-state index contributed by atoms with van der Waals surface area (Å²) in [6.45, 7) is 4.06.